The van der Waals surface area contributed by atoms with Gasteiger partial charge in [-0.3, -0.25) is 4.98 Å². The number of aliphatic hydroxyl groups is 1. The van der Waals surface area contributed by atoms with Crippen LogP contribution in [0.4, 0.5) is 11.8 Å². The summed E-state index contributed by atoms with van der Waals surface area (Å²) >= 11 is 0. The molecule has 0 bridgehead atoms. The summed E-state index contributed by atoms with van der Waals surface area (Å²) < 4.78 is 0. The molecule has 4 heterocycles. The van der Waals surface area contributed by atoms with Crippen LogP contribution in [-0.2, 0) is 0 Å². The highest BCUT2D eigenvalue weighted by Gasteiger charge is 2.32. The van der Waals surface area contributed by atoms with E-state index in [9.17, 15) is 9.90 Å². The van der Waals surface area contributed by atoms with Crippen LogP contribution in [0, 0.1) is 17.8 Å². The first-order chi connectivity index (χ1) is 12.9. The fraction of sp³-hybridized carbons (Fsp3) is 0.737. The first kappa shape index (κ1) is 18.3. The van der Waals surface area contributed by atoms with E-state index in [0.717, 1.165) is 44.8 Å². The van der Waals surface area contributed by atoms with E-state index in [1.165, 1.54) is 6.42 Å². The maximum atomic E-state index is 11.9. The zero-order chi connectivity index (χ0) is 19.1. The number of imidazole rings is 1. The molecule has 4 rings (SSSR count). The van der Waals surface area contributed by atoms with Crippen molar-refractivity contribution in [3.05, 3.63) is 10.5 Å². The number of fused-ring (bicyclic) bond motifs is 1. The molecule has 3 N–H and O–H groups in total. The Labute approximate surface area is 159 Å². The predicted molar refractivity (Wildman–Crippen MR) is 106 cm³/mol. The van der Waals surface area contributed by atoms with Crippen molar-refractivity contribution in [1.82, 2.24) is 19.9 Å². The third-order valence-electron chi connectivity index (χ3n) is 5.83. The molecule has 27 heavy (non-hydrogen) atoms. The van der Waals surface area contributed by atoms with Gasteiger partial charge in [-0.25, -0.2) is 4.79 Å². The Hall–Kier alpha value is -2.09. The van der Waals surface area contributed by atoms with Gasteiger partial charge < -0.3 is 19.9 Å². The van der Waals surface area contributed by atoms with Crippen LogP contribution in [0.2, 0.25) is 0 Å². The van der Waals surface area contributed by atoms with Crippen molar-refractivity contribution in [2.75, 3.05) is 36.0 Å². The lowest BCUT2D eigenvalue weighted by Gasteiger charge is -2.41. The molecule has 2 fully saturated rings. The average Bonchev–Trinajstić information content (AvgIpc) is 2.97. The molecule has 2 saturated heterocycles. The number of nitrogens with one attached hydrogen (secondary N) is 2. The van der Waals surface area contributed by atoms with Crippen molar-refractivity contribution in [3.8, 4) is 0 Å². The normalized spacial score (nSPS) is 22.5. The summed E-state index contributed by atoms with van der Waals surface area (Å²) in [6.45, 7) is 9.90. The lowest BCUT2D eigenvalue weighted by atomic mass is 9.90. The summed E-state index contributed by atoms with van der Waals surface area (Å²) in [5.74, 6) is 3.05. The number of anilines is 2. The van der Waals surface area contributed by atoms with Crippen LogP contribution in [0.1, 0.15) is 40.0 Å². The Morgan fingerprint density at radius 2 is 1.93 bits per heavy atom. The minimum atomic E-state index is -0.338. The quantitative estimate of drug-likeness (QED) is 0.737. The van der Waals surface area contributed by atoms with Crippen LogP contribution < -0.4 is 15.5 Å². The molecule has 0 spiro atoms. The lowest BCUT2D eigenvalue weighted by molar-refractivity contribution is 0.115. The topological polar surface area (TPSA) is 101 Å². The van der Waals surface area contributed by atoms with Crippen molar-refractivity contribution in [3.63, 3.8) is 0 Å². The minimum Gasteiger partial charge on any atom is -0.393 e. The van der Waals surface area contributed by atoms with E-state index in [4.69, 9.17) is 4.98 Å². The molecule has 2 aromatic heterocycles. The van der Waals surface area contributed by atoms with Gasteiger partial charge in [-0.1, -0.05) is 13.8 Å². The Kier molecular flexibility index (Phi) is 4.84. The molecule has 0 radical (unpaired) electrons. The Bertz CT molecular complexity index is 851. The molecule has 2 aromatic rings. The predicted octanol–water partition coefficient (Wildman–Crippen LogP) is 1.73. The second kappa shape index (κ2) is 7.14. The van der Waals surface area contributed by atoms with Crippen LogP contribution in [0.3, 0.4) is 0 Å². The SMILES string of the molecule is CC(C)CC1CN(c2nc(N3CCCC(C(C)O)C3)nc3[nH]c(=O)[nH]c23)C1. The highest BCUT2D eigenvalue weighted by molar-refractivity contribution is 5.84. The van der Waals surface area contributed by atoms with Crippen LogP contribution in [0.5, 0.6) is 0 Å². The first-order valence-electron chi connectivity index (χ1n) is 10.1. The first-order valence-corrected chi connectivity index (χ1v) is 10.1. The maximum Gasteiger partial charge on any atom is 0.325 e. The number of hydrogen-bond donors (Lipinski definition) is 3. The van der Waals surface area contributed by atoms with E-state index in [0.29, 0.717) is 28.9 Å². The second-order valence-corrected chi connectivity index (χ2v) is 8.64. The van der Waals surface area contributed by atoms with Crippen molar-refractivity contribution in [2.45, 2.75) is 46.1 Å². The molecular formula is C19H30N6O2. The molecule has 0 aromatic carbocycles. The zero-order valence-electron chi connectivity index (χ0n) is 16.4. The minimum absolute atomic E-state index is 0.228. The van der Waals surface area contributed by atoms with Gasteiger partial charge in [-0.05, 0) is 38.0 Å². The summed E-state index contributed by atoms with van der Waals surface area (Å²) in [6, 6.07) is 0. The monoisotopic (exact) mass is 374 g/mol. The summed E-state index contributed by atoms with van der Waals surface area (Å²) in [7, 11) is 0. The second-order valence-electron chi connectivity index (χ2n) is 8.64. The smallest absolute Gasteiger partial charge is 0.325 e. The Morgan fingerprint density at radius 3 is 2.63 bits per heavy atom. The van der Waals surface area contributed by atoms with Gasteiger partial charge in [0, 0.05) is 32.1 Å². The number of aromatic amines is 2. The summed E-state index contributed by atoms with van der Waals surface area (Å²) in [5.41, 5.74) is 1.000. The molecule has 8 heteroatoms. The highest BCUT2D eigenvalue weighted by Crippen LogP contribution is 2.32. The molecule has 0 aliphatic carbocycles. The van der Waals surface area contributed by atoms with Gasteiger partial charge >= 0.3 is 5.69 Å². The lowest BCUT2D eigenvalue weighted by Crippen LogP contribution is -2.48. The number of hydrogen-bond acceptors (Lipinski definition) is 6. The van der Waals surface area contributed by atoms with Crippen LogP contribution >= 0.6 is 0 Å². The third-order valence-corrected chi connectivity index (χ3v) is 5.83. The van der Waals surface area contributed by atoms with Crippen molar-refractivity contribution < 1.29 is 5.11 Å². The van der Waals surface area contributed by atoms with Crippen molar-refractivity contribution >= 4 is 22.9 Å². The van der Waals surface area contributed by atoms with E-state index >= 15 is 0 Å². The molecule has 0 amide bonds. The molecule has 0 saturated carbocycles. The average molecular weight is 374 g/mol. The van der Waals surface area contributed by atoms with Crippen LogP contribution in [-0.4, -0.2) is 57.3 Å². The molecule has 8 nitrogen and oxygen atoms in total. The van der Waals surface area contributed by atoms with E-state index in [1.807, 2.05) is 6.92 Å². The van der Waals surface area contributed by atoms with Gasteiger partial charge in [0.05, 0.1) is 6.10 Å². The third kappa shape index (κ3) is 3.67. The number of aliphatic hydroxyl groups excluding tert-OH is 1. The zero-order valence-corrected chi connectivity index (χ0v) is 16.4. The maximum absolute atomic E-state index is 11.9. The van der Waals surface area contributed by atoms with Crippen LogP contribution in [0.15, 0.2) is 4.79 Å². The van der Waals surface area contributed by atoms with Gasteiger partial charge in [0.25, 0.3) is 0 Å². The van der Waals surface area contributed by atoms with Gasteiger partial charge in [-0.2, -0.15) is 9.97 Å². The molecule has 2 aliphatic heterocycles. The van der Waals surface area contributed by atoms with E-state index in [2.05, 4.69) is 38.6 Å². The van der Waals surface area contributed by atoms with E-state index < -0.39 is 0 Å². The Balaban J connectivity index is 1.62. The van der Waals surface area contributed by atoms with Gasteiger partial charge in [0.15, 0.2) is 11.5 Å². The number of H-pyrrole nitrogens is 2. The molecule has 2 aliphatic rings. The summed E-state index contributed by atoms with van der Waals surface area (Å²) in [4.78, 5) is 31.3. The largest absolute Gasteiger partial charge is 0.393 e. The van der Waals surface area contributed by atoms with Gasteiger partial charge in [-0.15, -0.1) is 0 Å². The van der Waals surface area contributed by atoms with Crippen molar-refractivity contribution in [1.29, 1.82) is 0 Å². The number of nitrogens with zero attached hydrogens (tertiary/aromatic N) is 4. The highest BCUT2D eigenvalue weighted by atomic mass is 16.3. The van der Waals surface area contributed by atoms with Gasteiger partial charge in [0.2, 0.25) is 5.95 Å². The molecule has 2 unspecified atom stereocenters. The molecule has 148 valence electrons. The van der Waals surface area contributed by atoms with Crippen LogP contribution in [0.25, 0.3) is 11.2 Å². The van der Waals surface area contributed by atoms with E-state index in [-0.39, 0.29) is 17.7 Å². The molecule has 2 atom stereocenters. The fourth-order valence-electron chi connectivity index (χ4n) is 4.41. The fourth-order valence-corrected chi connectivity index (χ4v) is 4.41. The van der Waals surface area contributed by atoms with Crippen molar-refractivity contribution in [2.24, 2.45) is 17.8 Å². The number of piperidine rings is 1. The number of aromatic nitrogens is 4. The number of rotatable bonds is 5. The Morgan fingerprint density at radius 1 is 1.15 bits per heavy atom. The van der Waals surface area contributed by atoms with Gasteiger partial charge in [0.1, 0.15) is 5.52 Å². The molecular weight excluding hydrogens is 344 g/mol. The summed E-state index contributed by atoms with van der Waals surface area (Å²) in [6.07, 6.45) is 2.91. The summed E-state index contributed by atoms with van der Waals surface area (Å²) in [5, 5.41) is 9.98. The van der Waals surface area contributed by atoms with E-state index in [1.54, 1.807) is 0 Å². The standard InChI is InChI=1S/C19H30N6O2/c1-11(2)7-13-8-25(9-13)17-15-16(22-19(27)20-15)21-18(23-17)24-6-4-5-14(10-24)12(3)26/h11-14,26H,4-10H2,1-3H3,(H2,20,21,22,23,27).